The molecule has 0 unspecified atom stereocenters. The van der Waals surface area contributed by atoms with Crippen molar-refractivity contribution in [2.45, 2.75) is 0 Å². The molecule has 0 N–H and O–H groups in total. The number of methoxy groups -OCH3 is 1. The van der Waals surface area contributed by atoms with Gasteiger partial charge in [-0.05, 0) is 12.1 Å². The summed E-state index contributed by atoms with van der Waals surface area (Å²) >= 11 is 0. The van der Waals surface area contributed by atoms with Crippen LogP contribution in [0.25, 0.3) is 0 Å². The second-order valence-electron chi connectivity index (χ2n) is 1.86. The van der Waals surface area contributed by atoms with Crippen LogP contribution >= 0.6 is 0 Å². The number of para-hydroxylation sites is 1. The van der Waals surface area contributed by atoms with Crippen molar-refractivity contribution in [2.24, 2.45) is 0 Å². The van der Waals surface area contributed by atoms with Gasteiger partial charge in [-0.3, -0.25) is 4.79 Å². The molecule has 1 aromatic rings. The Kier molecular flexibility index (Phi) is 4.72. The molecule has 0 bridgehead atoms. The van der Waals surface area contributed by atoms with Crippen LogP contribution in [0, 0.1) is 0 Å². The van der Waals surface area contributed by atoms with Crippen molar-refractivity contribution in [3.63, 3.8) is 0 Å². The van der Waals surface area contributed by atoms with Gasteiger partial charge in [-0.15, -0.1) is 0 Å². The molecule has 0 radical (unpaired) electrons. The number of benzene rings is 1. The molecule has 0 amide bonds. The molecule has 0 saturated carbocycles. The van der Waals surface area contributed by atoms with E-state index in [1.165, 1.54) is 0 Å². The van der Waals surface area contributed by atoms with Gasteiger partial charge < -0.3 is 4.74 Å². The van der Waals surface area contributed by atoms with E-state index >= 15 is 0 Å². The van der Waals surface area contributed by atoms with Crippen molar-refractivity contribution in [3.8, 4) is 5.75 Å². The molecule has 0 aromatic heterocycles. The van der Waals surface area contributed by atoms with Crippen LogP contribution in [0.1, 0.15) is 10.4 Å². The van der Waals surface area contributed by atoms with Crippen molar-refractivity contribution in [2.75, 3.05) is 7.11 Å². The summed E-state index contributed by atoms with van der Waals surface area (Å²) in [6, 6.07) is 7.09. The molecule has 0 atom stereocenters. The summed E-state index contributed by atoms with van der Waals surface area (Å²) in [5.74, 6) is 0.623. The molecule has 0 spiro atoms. The molecule has 0 fully saturated rings. The summed E-state index contributed by atoms with van der Waals surface area (Å²) in [4.78, 5) is 10.3. The van der Waals surface area contributed by atoms with Crippen LogP contribution in [0.5, 0.6) is 5.75 Å². The molecule has 3 heteroatoms. The van der Waals surface area contributed by atoms with Gasteiger partial charge in [0.15, 0.2) is 6.29 Å². The van der Waals surface area contributed by atoms with Gasteiger partial charge in [-0.2, -0.15) is 0 Å². The molecule has 1 rings (SSSR count). The first-order chi connectivity index (χ1) is 4.88. The van der Waals surface area contributed by atoms with Crippen molar-refractivity contribution in [1.82, 2.24) is 0 Å². The first-order valence-corrected chi connectivity index (χ1v) is 2.96. The van der Waals surface area contributed by atoms with Crippen molar-refractivity contribution < 1.29 is 29.0 Å². The number of carbonyl (C=O) groups excluding carboxylic acids is 1. The van der Waals surface area contributed by atoms with Crippen LogP contribution in [0.3, 0.4) is 0 Å². The largest absolute Gasteiger partial charge is 0.496 e. The summed E-state index contributed by atoms with van der Waals surface area (Å²) in [5, 5.41) is 0. The Balaban J connectivity index is 0.000001000. The first kappa shape index (κ1) is 10.3. The molecule has 0 saturated heterocycles. The smallest absolute Gasteiger partial charge is 0.153 e. The fourth-order valence-electron chi connectivity index (χ4n) is 0.764. The first-order valence-electron chi connectivity index (χ1n) is 2.96. The maximum absolute atomic E-state index is 10.3. The van der Waals surface area contributed by atoms with Crippen molar-refractivity contribution >= 4 is 6.29 Å². The second kappa shape index (κ2) is 5.03. The molecular formula is C8H8O2Zn. The monoisotopic (exact) mass is 200 g/mol. The third-order valence-electron chi connectivity index (χ3n) is 1.27. The Morgan fingerprint density at radius 2 is 2.00 bits per heavy atom. The Morgan fingerprint density at radius 1 is 1.36 bits per heavy atom. The molecule has 0 aliphatic carbocycles. The van der Waals surface area contributed by atoms with E-state index in [4.69, 9.17) is 4.74 Å². The minimum Gasteiger partial charge on any atom is -0.496 e. The standard InChI is InChI=1S/C8H8O2.Zn/c1-10-8-5-3-2-4-7(8)6-9;/h2-6H,1H3;. The van der Waals surface area contributed by atoms with Gasteiger partial charge in [0.05, 0.1) is 12.7 Å². The molecule has 0 aliphatic rings. The summed E-state index contributed by atoms with van der Waals surface area (Å²) in [6.45, 7) is 0. The SMILES string of the molecule is COc1ccccc1C=O.[Zn]. The van der Waals surface area contributed by atoms with Crippen LogP contribution in [0.4, 0.5) is 0 Å². The molecule has 1 aromatic carbocycles. The average molecular weight is 202 g/mol. The number of hydrogen-bond acceptors (Lipinski definition) is 2. The maximum Gasteiger partial charge on any atom is 0.153 e. The summed E-state index contributed by atoms with van der Waals surface area (Å²) in [7, 11) is 1.54. The fraction of sp³-hybridized carbons (Fsp3) is 0.125. The van der Waals surface area contributed by atoms with E-state index in [-0.39, 0.29) is 19.5 Å². The number of hydrogen-bond donors (Lipinski definition) is 0. The third kappa shape index (κ3) is 2.43. The number of carbonyl (C=O) groups is 1. The van der Waals surface area contributed by atoms with Gasteiger partial charge in [0.25, 0.3) is 0 Å². The average Bonchev–Trinajstić information content (AvgIpc) is 2.04. The van der Waals surface area contributed by atoms with Gasteiger partial charge >= 0.3 is 0 Å². The normalized spacial score (nSPS) is 8.09. The Morgan fingerprint density at radius 3 is 2.45 bits per heavy atom. The molecule has 0 heterocycles. The van der Waals surface area contributed by atoms with E-state index in [0.717, 1.165) is 6.29 Å². The van der Waals surface area contributed by atoms with Crippen LogP contribution in [-0.2, 0) is 19.5 Å². The van der Waals surface area contributed by atoms with E-state index in [0.29, 0.717) is 11.3 Å². The van der Waals surface area contributed by atoms with Gasteiger partial charge in [-0.25, -0.2) is 0 Å². The van der Waals surface area contributed by atoms with E-state index in [1.54, 1.807) is 25.3 Å². The number of rotatable bonds is 2. The maximum atomic E-state index is 10.3. The molecule has 11 heavy (non-hydrogen) atoms. The quantitative estimate of drug-likeness (QED) is 0.536. The zero-order chi connectivity index (χ0) is 7.40. The predicted octanol–water partition coefficient (Wildman–Crippen LogP) is 1.51. The van der Waals surface area contributed by atoms with E-state index in [2.05, 4.69) is 0 Å². The minimum absolute atomic E-state index is 0. The van der Waals surface area contributed by atoms with Crippen LogP contribution in [-0.4, -0.2) is 13.4 Å². The molecule has 54 valence electrons. The predicted molar refractivity (Wildman–Crippen MR) is 38.4 cm³/mol. The summed E-state index contributed by atoms with van der Waals surface area (Å²) < 4.78 is 4.90. The van der Waals surface area contributed by atoms with E-state index in [1.807, 2.05) is 6.07 Å². The van der Waals surface area contributed by atoms with Crippen LogP contribution in [0.15, 0.2) is 24.3 Å². The van der Waals surface area contributed by atoms with Crippen molar-refractivity contribution in [1.29, 1.82) is 0 Å². The number of ether oxygens (including phenoxy) is 1. The zero-order valence-corrected chi connectivity index (χ0v) is 9.38. The Labute approximate surface area is 78.3 Å². The minimum atomic E-state index is 0. The van der Waals surface area contributed by atoms with Gasteiger partial charge in [0.1, 0.15) is 5.75 Å². The molecule has 0 aliphatic heterocycles. The summed E-state index contributed by atoms with van der Waals surface area (Å²) in [5.41, 5.74) is 0.588. The molecular weight excluding hydrogens is 193 g/mol. The summed E-state index contributed by atoms with van der Waals surface area (Å²) in [6.07, 6.45) is 0.777. The topological polar surface area (TPSA) is 26.3 Å². The van der Waals surface area contributed by atoms with Crippen molar-refractivity contribution in [3.05, 3.63) is 29.8 Å². The van der Waals surface area contributed by atoms with Gasteiger partial charge in [0, 0.05) is 19.5 Å². The second-order valence-corrected chi connectivity index (χ2v) is 1.86. The van der Waals surface area contributed by atoms with Crippen LogP contribution < -0.4 is 4.74 Å². The third-order valence-corrected chi connectivity index (χ3v) is 1.27. The molecule has 2 nitrogen and oxygen atoms in total. The van der Waals surface area contributed by atoms with E-state index in [9.17, 15) is 4.79 Å². The zero-order valence-electron chi connectivity index (χ0n) is 6.41. The van der Waals surface area contributed by atoms with Crippen LogP contribution in [0.2, 0.25) is 0 Å². The fourth-order valence-corrected chi connectivity index (χ4v) is 0.764. The van der Waals surface area contributed by atoms with Gasteiger partial charge in [-0.1, -0.05) is 12.1 Å². The Hall–Kier alpha value is -0.687. The van der Waals surface area contributed by atoms with Gasteiger partial charge in [0.2, 0.25) is 0 Å². The van der Waals surface area contributed by atoms with E-state index < -0.39 is 0 Å². The Bertz CT molecular complexity index is 235. The number of aldehydes is 1.